The van der Waals surface area contributed by atoms with Crippen LogP contribution in [0.25, 0.3) is 0 Å². The second-order valence-corrected chi connectivity index (χ2v) is 4.65. The molecule has 1 aliphatic heterocycles. The zero-order chi connectivity index (χ0) is 11.7. The van der Waals surface area contributed by atoms with Gasteiger partial charge in [-0.15, -0.1) is 0 Å². The molecule has 0 bridgehead atoms. The van der Waals surface area contributed by atoms with Crippen LogP contribution in [0.5, 0.6) is 0 Å². The number of benzene rings is 1. The van der Waals surface area contributed by atoms with E-state index < -0.39 is 0 Å². The first-order valence-corrected chi connectivity index (χ1v) is 5.76. The third-order valence-corrected chi connectivity index (χ3v) is 3.40. The minimum absolute atomic E-state index is 0.216. The van der Waals surface area contributed by atoms with Crippen molar-refractivity contribution < 1.29 is 4.79 Å². The highest BCUT2D eigenvalue weighted by Gasteiger charge is 2.23. The van der Waals surface area contributed by atoms with Gasteiger partial charge in [0.25, 0.3) is 0 Å². The maximum absolute atomic E-state index is 11.1. The normalized spacial score (nSPS) is 17.9. The number of nitrogens with two attached hydrogens (primary N) is 1. The molecule has 2 rings (SSSR count). The van der Waals surface area contributed by atoms with Crippen LogP contribution >= 0.6 is 11.6 Å². The second-order valence-electron chi connectivity index (χ2n) is 4.21. The summed E-state index contributed by atoms with van der Waals surface area (Å²) in [6, 6.07) is 5.72. The van der Waals surface area contributed by atoms with E-state index >= 15 is 0 Å². The van der Waals surface area contributed by atoms with Crippen LogP contribution in [-0.2, 0) is 17.8 Å². The molecule has 0 aliphatic carbocycles. The summed E-state index contributed by atoms with van der Waals surface area (Å²) in [5.41, 5.74) is 7.83. The second kappa shape index (κ2) is 4.44. The van der Waals surface area contributed by atoms with E-state index in [1.807, 2.05) is 19.1 Å². The van der Waals surface area contributed by atoms with Gasteiger partial charge in [0, 0.05) is 18.1 Å². The largest absolute Gasteiger partial charge is 0.368 e. The van der Waals surface area contributed by atoms with Gasteiger partial charge in [0.2, 0.25) is 5.91 Å². The van der Waals surface area contributed by atoms with Crippen molar-refractivity contribution in [2.24, 2.45) is 5.73 Å². The lowest BCUT2D eigenvalue weighted by Crippen LogP contribution is -2.45. The maximum atomic E-state index is 11.1. The molecular weight excluding hydrogens is 224 g/mol. The number of rotatable bonds is 2. The molecule has 0 aromatic heterocycles. The zero-order valence-electron chi connectivity index (χ0n) is 9.24. The van der Waals surface area contributed by atoms with Gasteiger partial charge >= 0.3 is 0 Å². The minimum Gasteiger partial charge on any atom is -0.368 e. The average Bonchev–Trinajstić information content (AvgIpc) is 2.26. The fourth-order valence-corrected chi connectivity index (χ4v) is 2.25. The summed E-state index contributed by atoms with van der Waals surface area (Å²) < 4.78 is 0. The number of primary amides is 1. The van der Waals surface area contributed by atoms with Crippen molar-refractivity contribution in [2.75, 3.05) is 6.54 Å². The molecule has 1 aromatic carbocycles. The molecule has 16 heavy (non-hydrogen) atoms. The molecule has 0 saturated heterocycles. The molecule has 86 valence electrons. The number of carbonyl (C=O) groups is 1. The Balaban J connectivity index is 2.19. The molecule has 0 saturated carbocycles. The van der Waals surface area contributed by atoms with E-state index in [0.717, 1.165) is 24.5 Å². The quantitative estimate of drug-likeness (QED) is 0.850. The molecule has 1 heterocycles. The number of nitrogens with zero attached hydrogens (tertiary/aromatic N) is 1. The number of carbonyl (C=O) groups excluding carboxylic acids is 1. The van der Waals surface area contributed by atoms with Crippen LogP contribution in [0.15, 0.2) is 18.2 Å². The van der Waals surface area contributed by atoms with Crippen molar-refractivity contribution in [3.05, 3.63) is 34.3 Å². The van der Waals surface area contributed by atoms with Crippen molar-refractivity contribution in [3.8, 4) is 0 Å². The Morgan fingerprint density at radius 3 is 2.94 bits per heavy atom. The fourth-order valence-electron chi connectivity index (χ4n) is 2.06. The fraction of sp³-hybridized carbons (Fsp3) is 0.417. The van der Waals surface area contributed by atoms with Crippen LogP contribution in [0.4, 0.5) is 0 Å². The zero-order valence-corrected chi connectivity index (χ0v) is 10.00. The van der Waals surface area contributed by atoms with Gasteiger partial charge < -0.3 is 5.73 Å². The third-order valence-electron chi connectivity index (χ3n) is 3.17. The molecule has 3 nitrogen and oxygen atoms in total. The van der Waals surface area contributed by atoms with Crippen molar-refractivity contribution in [3.63, 3.8) is 0 Å². The highest BCUT2D eigenvalue weighted by atomic mass is 35.5. The number of fused-ring (bicyclic) bond motifs is 1. The first-order chi connectivity index (χ1) is 7.58. The Morgan fingerprint density at radius 1 is 1.50 bits per heavy atom. The van der Waals surface area contributed by atoms with E-state index in [2.05, 4.69) is 11.0 Å². The lowest BCUT2D eigenvalue weighted by molar-refractivity contribution is -0.123. The molecule has 1 amide bonds. The summed E-state index contributed by atoms with van der Waals surface area (Å²) in [5, 5.41) is 0.743. The summed E-state index contributed by atoms with van der Waals surface area (Å²) in [6.45, 7) is 3.47. The highest BCUT2D eigenvalue weighted by Crippen LogP contribution is 2.23. The average molecular weight is 239 g/mol. The van der Waals surface area contributed by atoms with Gasteiger partial charge in [0.05, 0.1) is 6.04 Å². The van der Waals surface area contributed by atoms with Crippen molar-refractivity contribution in [1.82, 2.24) is 4.90 Å². The van der Waals surface area contributed by atoms with Gasteiger partial charge in [-0.3, -0.25) is 9.69 Å². The van der Waals surface area contributed by atoms with E-state index in [1.54, 1.807) is 0 Å². The standard InChI is InChI=1S/C12H15ClN2O/c1-8(12(14)16)15-5-4-9-2-3-11(13)6-10(9)7-15/h2-3,6,8H,4-5,7H2,1H3,(H2,14,16). The monoisotopic (exact) mass is 238 g/mol. The van der Waals surface area contributed by atoms with Crippen LogP contribution in [-0.4, -0.2) is 23.4 Å². The van der Waals surface area contributed by atoms with Crippen LogP contribution < -0.4 is 5.73 Å². The van der Waals surface area contributed by atoms with Gasteiger partial charge in [0.1, 0.15) is 0 Å². The molecule has 1 atom stereocenters. The van der Waals surface area contributed by atoms with E-state index in [4.69, 9.17) is 17.3 Å². The van der Waals surface area contributed by atoms with Crippen molar-refractivity contribution in [1.29, 1.82) is 0 Å². The van der Waals surface area contributed by atoms with Crippen LogP contribution in [0, 0.1) is 0 Å². The summed E-state index contributed by atoms with van der Waals surface area (Å²) in [5.74, 6) is -0.273. The Labute approximate surface area is 100 Å². The number of hydrogen-bond acceptors (Lipinski definition) is 2. The van der Waals surface area contributed by atoms with Crippen molar-refractivity contribution >= 4 is 17.5 Å². The first kappa shape index (κ1) is 11.4. The summed E-state index contributed by atoms with van der Waals surface area (Å²) in [7, 11) is 0. The predicted molar refractivity (Wildman–Crippen MR) is 64.2 cm³/mol. The minimum atomic E-state index is -0.273. The van der Waals surface area contributed by atoms with Crippen molar-refractivity contribution in [2.45, 2.75) is 25.9 Å². The molecule has 1 unspecified atom stereocenters. The van der Waals surface area contributed by atoms with Crippen LogP contribution in [0.3, 0.4) is 0 Å². The van der Waals surface area contributed by atoms with E-state index in [1.165, 1.54) is 11.1 Å². The Bertz CT molecular complexity index is 419. The van der Waals surface area contributed by atoms with E-state index in [0.29, 0.717) is 0 Å². The lowest BCUT2D eigenvalue weighted by atomic mass is 9.99. The van der Waals surface area contributed by atoms with Gasteiger partial charge in [-0.1, -0.05) is 17.7 Å². The SMILES string of the molecule is CC(C(N)=O)N1CCc2ccc(Cl)cc2C1. The highest BCUT2D eigenvalue weighted by molar-refractivity contribution is 6.30. The molecule has 1 aliphatic rings. The number of halogens is 1. The number of amides is 1. The molecule has 2 N–H and O–H groups in total. The summed E-state index contributed by atoms with van der Waals surface area (Å²) >= 11 is 5.96. The number of hydrogen-bond donors (Lipinski definition) is 1. The Kier molecular flexibility index (Phi) is 3.17. The molecular formula is C12H15ClN2O. The van der Waals surface area contributed by atoms with E-state index in [9.17, 15) is 4.79 Å². The molecule has 0 radical (unpaired) electrons. The molecule has 0 fully saturated rings. The summed E-state index contributed by atoms with van der Waals surface area (Å²) in [4.78, 5) is 13.2. The van der Waals surface area contributed by atoms with Gasteiger partial charge in [0.15, 0.2) is 0 Å². The van der Waals surface area contributed by atoms with Crippen LogP contribution in [0.2, 0.25) is 5.02 Å². The smallest absolute Gasteiger partial charge is 0.234 e. The van der Waals surface area contributed by atoms with E-state index in [-0.39, 0.29) is 11.9 Å². The Morgan fingerprint density at radius 2 is 2.25 bits per heavy atom. The molecule has 1 aromatic rings. The molecule has 4 heteroatoms. The Hall–Kier alpha value is -1.06. The van der Waals surface area contributed by atoms with Crippen LogP contribution in [0.1, 0.15) is 18.1 Å². The molecule has 0 spiro atoms. The lowest BCUT2D eigenvalue weighted by Gasteiger charge is -2.32. The maximum Gasteiger partial charge on any atom is 0.234 e. The summed E-state index contributed by atoms with van der Waals surface area (Å²) in [6.07, 6.45) is 0.949. The topological polar surface area (TPSA) is 46.3 Å². The first-order valence-electron chi connectivity index (χ1n) is 5.38. The third kappa shape index (κ3) is 2.20. The predicted octanol–water partition coefficient (Wildman–Crippen LogP) is 1.57. The van der Waals surface area contributed by atoms with Gasteiger partial charge in [-0.05, 0) is 36.6 Å². The van der Waals surface area contributed by atoms with Gasteiger partial charge in [-0.2, -0.15) is 0 Å². The van der Waals surface area contributed by atoms with Gasteiger partial charge in [-0.25, -0.2) is 0 Å².